The summed E-state index contributed by atoms with van der Waals surface area (Å²) < 4.78 is 0. The van der Waals surface area contributed by atoms with Gasteiger partial charge in [0.25, 0.3) is 0 Å². The lowest BCUT2D eigenvalue weighted by molar-refractivity contribution is 0.953. The SMILES string of the molecule is Cc1cccc(SCC(N)C#N)c1. The van der Waals surface area contributed by atoms with Crippen LogP contribution in [0.5, 0.6) is 0 Å². The van der Waals surface area contributed by atoms with E-state index in [9.17, 15) is 0 Å². The Bertz CT molecular complexity index is 317. The fraction of sp³-hybridized carbons (Fsp3) is 0.300. The molecule has 2 nitrogen and oxygen atoms in total. The van der Waals surface area contributed by atoms with Gasteiger partial charge in [-0.15, -0.1) is 11.8 Å². The molecule has 0 bridgehead atoms. The predicted molar refractivity (Wildman–Crippen MR) is 55.5 cm³/mol. The maximum absolute atomic E-state index is 8.48. The lowest BCUT2D eigenvalue weighted by Gasteiger charge is -2.03. The third kappa shape index (κ3) is 3.49. The number of hydrogen-bond donors (Lipinski definition) is 1. The molecule has 0 radical (unpaired) electrons. The Balaban J connectivity index is 2.51. The van der Waals surface area contributed by atoms with Gasteiger partial charge >= 0.3 is 0 Å². The summed E-state index contributed by atoms with van der Waals surface area (Å²) in [6.45, 7) is 2.05. The van der Waals surface area contributed by atoms with Gasteiger partial charge in [0, 0.05) is 10.6 Å². The lowest BCUT2D eigenvalue weighted by atomic mass is 10.2. The summed E-state index contributed by atoms with van der Waals surface area (Å²) in [6.07, 6.45) is 0. The molecule has 0 fully saturated rings. The molecule has 13 heavy (non-hydrogen) atoms. The Morgan fingerprint density at radius 1 is 1.62 bits per heavy atom. The normalized spacial score (nSPS) is 12.1. The monoisotopic (exact) mass is 192 g/mol. The molecule has 0 spiro atoms. The first-order valence-electron chi connectivity index (χ1n) is 4.07. The summed E-state index contributed by atoms with van der Waals surface area (Å²) >= 11 is 1.62. The third-order valence-electron chi connectivity index (χ3n) is 1.58. The Morgan fingerprint density at radius 3 is 3.00 bits per heavy atom. The number of nitriles is 1. The second-order valence-corrected chi connectivity index (χ2v) is 3.96. The molecule has 1 rings (SSSR count). The van der Waals surface area contributed by atoms with Gasteiger partial charge in [0.05, 0.1) is 6.07 Å². The molecular weight excluding hydrogens is 180 g/mol. The second-order valence-electron chi connectivity index (χ2n) is 2.86. The van der Waals surface area contributed by atoms with Crippen LogP contribution in [-0.2, 0) is 0 Å². The predicted octanol–water partition coefficient (Wildman–Crippen LogP) is 1.94. The summed E-state index contributed by atoms with van der Waals surface area (Å²) in [5, 5.41) is 8.48. The minimum atomic E-state index is -0.370. The average Bonchev–Trinajstić information content (AvgIpc) is 2.14. The van der Waals surface area contributed by atoms with Crippen molar-refractivity contribution >= 4 is 11.8 Å². The van der Waals surface area contributed by atoms with E-state index in [0.717, 1.165) is 0 Å². The second kappa shape index (κ2) is 4.90. The highest BCUT2D eigenvalue weighted by molar-refractivity contribution is 7.99. The molecule has 0 heterocycles. The van der Waals surface area contributed by atoms with Gasteiger partial charge in [-0.1, -0.05) is 17.7 Å². The smallest absolute Gasteiger partial charge is 0.102 e. The van der Waals surface area contributed by atoms with Gasteiger partial charge in [-0.2, -0.15) is 5.26 Å². The molecule has 0 aliphatic heterocycles. The van der Waals surface area contributed by atoms with Crippen molar-refractivity contribution < 1.29 is 0 Å². The van der Waals surface area contributed by atoms with Crippen LogP contribution in [0, 0.1) is 18.3 Å². The van der Waals surface area contributed by atoms with Crippen LogP contribution < -0.4 is 5.73 Å². The van der Waals surface area contributed by atoms with Crippen molar-refractivity contribution in [3.63, 3.8) is 0 Å². The summed E-state index contributed by atoms with van der Waals surface area (Å²) in [5.74, 6) is 0.653. The van der Waals surface area contributed by atoms with Crippen molar-refractivity contribution in [2.75, 3.05) is 5.75 Å². The number of nitrogens with two attached hydrogens (primary N) is 1. The zero-order valence-electron chi connectivity index (χ0n) is 7.53. The summed E-state index contributed by atoms with van der Waals surface area (Å²) in [7, 11) is 0. The molecule has 0 saturated heterocycles. The Morgan fingerprint density at radius 2 is 2.38 bits per heavy atom. The van der Waals surface area contributed by atoms with Gasteiger partial charge in [-0.3, -0.25) is 0 Å². The molecule has 0 aliphatic carbocycles. The van der Waals surface area contributed by atoms with E-state index in [-0.39, 0.29) is 6.04 Å². The van der Waals surface area contributed by atoms with Crippen LogP contribution in [0.1, 0.15) is 5.56 Å². The van der Waals surface area contributed by atoms with E-state index in [4.69, 9.17) is 11.0 Å². The fourth-order valence-electron chi connectivity index (χ4n) is 0.928. The number of benzene rings is 1. The van der Waals surface area contributed by atoms with Crippen molar-refractivity contribution in [3.8, 4) is 6.07 Å². The van der Waals surface area contributed by atoms with Crippen molar-refractivity contribution in [2.24, 2.45) is 5.73 Å². The van der Waals surface area contributed by atoms with E-state index in [2.05, 4.69) is 6.07 Å². The number of hydrogen-bond acceptors (Lipinski definition) is 3. The summed E-state index contributed by atoms with van der Waals surface area (Å²) in [6, 6.07) is 9.82. The van der Waals surface area contributed by atoms with Gasteiger partial charge in [0.15, 0.2) is 0 Å². The molecular formula is C10H12N2S. The van der Waals surface area contributed by atoms with E-state index >= 15 is 0 Å². The molecule has 1 aromatic carbocycles. The van der Waals surface area contributed by atoms with Gasteiger partial charge in [-0.05, 0) is 19.1 Å². The van der Waals surface area contributed by atoms with E-state index < -0.39 is 0 Å². The van der Waals surface area contributed by atoms with Crippen molar-refractivity contribution in [1.82, 2.24) is 0 Å². The minimum Gasteiger partial charge on any atom is -0.315 e. The Hall–Kier alpha value is -0.980. The van der Waals surface area contributed by atoms with Crippen LogP contribution in [0.15, 0.2) is 29.2 Å². The van der Waals surface area contributed by atoms with Gasteiger partial charge in [0.2, 0.25) is 0 Å². The van der Waals surface area contributed by atoms with E-state index in [1.807, 2.05) is 31.2 Å². The highest BCUT2D eigenvalue weighted by Crippen LogP contribution is 2.18. The quantitative estimate of drug-likeness (QED) is 0.744. The summed E-state index contributed by atoms with van der Waals surface area (Å²) in [5.41, 5.74) is 6.71. The molecule has 68 valence electrons. The van der Waals surface area contributed by atoms with E-state index in [1.165, 1.54) is 10.5 Å². The Labute approximate surface area is 82.7 Å². The number of thioether (sulfide) groups is 1. The molecule has 2 N–H and O–H groups in total. The molecule has 1 unspecified atom stereocenters. The van der Waals surface area contributed by atoms with Crippen LogP contribution in [0.3, 0.4) is 0 Å². The summed E-state index contributed by atoms with van der Waals surface area (Å²) in [4.78, 5) is 1.17. The highest BCUT2D eigenvalue weighted by Gasteiger charge is 2.00. The first kappa shape index (κ1) is 10.1. The minimum absolute atomic E-state index is 0.370. The maximum atomic E-state index is 8.48. The maximum Gasteiger partial charge on any atom is 0.102 e. The molecule has 0 amide bonds. The zero-order chi connectivity index (χ0) is 9.68. The van der Waals surface area contributed by atoms with Crippen LogP contribution in [0.4, 0.5) is 0 Å². The largest absolute Gasteiger partial charge is 0.315 e. The van der Waals surface area contributed by atoms with Crippen LogP contribution in [-0.4, -0.2) is 11.8 Å². The molecule has 1 aromatic rings. The molecule has 1 atom stereocenters. The van der Waals surface area contributed by atoms with Crippen LogP contribution in [0.2, 0.25) is 0 Å². The van der Waals surface area contributed by atoms with Crippen LogP contribution >= 0.6 is 11.8 Å². The van der Waals surface area contributed by atoms with Crippen molar-refractivity contribution in [1.29, 1.82) is 5.26 Å². The third-order valence-corrected chi connectivity index (χ3v) is 2.70. The number of nitrogens with zero attached hydrogens (tertiary/aromatic N) is 1. The molecule has 0 aromatic heterocycles. The van der Waals surface area contributed by atoms with Crippen molar-refractivity contribution in [3.05, 3.63) is 29.8 Å². The molecule has 3 heteroatoms. The van der Waals surface area contributed by atoms with E-state index in [0.29, 0.717) is 5.75 Å². The van der Waals surface area contributed by atoms with Crippen LogP contribution in [0.25, 0.3) is 0 Å². The van der Waals surface area contributed by atoms with E-state index in [1.54, 1.807) is 11.8 Å². The number of rotatable bonds is 3. The highest BCUT2D eigenvalue weighted by atomic mass is 32.2. The zero-order valence-corrected chi connectivity index (χ0v) is 8.34. The standard InChI is InChI=1S/C10H12N2S/c1-8-3-2-4-10(5-8)13-7-9(12)6-11/h2-5,9H,7,12H2,1H3. The first-order valence-corrected chi connectivity index (χ1v) is 5.05. The molecule has 0 saturated carbocycles. The van der Waals surface area contributed by atoms with Gasteiger partial charge < -0.3 is 5.73 Å². The fourth-order valence-corrected chi connectivity index (χ4v) is 1.82. The average molecular weight is 192 g/mol. The Kier molecular flexibility index (Phi) is 3.81. The van der Waals surface area contributed by atoms with Gasteiger partial charge in [-0.25, -0.2) is 0 Å². The first-order chi connectivity index (χ1) is 6.22. The van der Waals surface area contributed by atoms with Gasteiger partial charge in [0.1, 0.15) is 6.04 Å². The topological polar surface area (TPSA) is 49.8 Å². The van der Waals surface area contributed by atoms with Crippen molar-refractivity contribution in [2.45, 2.75) is 17.9 Å². The number of aryl methyl sites for hydroxylation is 1. The lowest BCUT2D eigenvalue weighted by Crippen LogP contribution is -2.19. The molecule has 0 aliphatic rings.